The summed E-state index contributed by atoms with van der Waals surface area (Å²) in [5, 5.41) is 3.78. The van der Waals surface area contributed by atoms with E-state index in [2.05, 4.69) is 27.2 Å². The van der Waals surface area contributed by atoms with Crippen molar-refractivity contribution in [3.8, 4) is 11.5 Å². The number of hydrogen-bond acceptors (Lipinski definition) is 4. The lowest BCUT2D eigenvalue weighted by molar-refractivity contribution is 0.537. The van der Waals surface area contributed by atoms with Crippen molar-refractivity contribution in [2.24, 2.45) is 5.92 Å². The van der Waals surface area contributed by atoms with E-state index >= 15 is 0 Å². The van der Waals surface area contributed by atoms with Crippen LogP contribution in [0.25, 0.3) is 11.5 Å². The molecule has 1 N–H and O–H groups in total. The van der Waals surface area contributed by atoms with E-state index in [1.165, 1.54) is 5.56 Å². The highest BCUT2D eigenvalue weighted by molar-refractivity contribution is 6.32. The second kappa shape index (κ2) is 6.96. The summed E-state index contributed by atoms with van der Waals surface area (Å²) in [6.45, 7) is 7.25. The van der Waals surface area contributed by atoms with Gasteiger partial charge in [0, 0.05) is 17.6 Å². The van der Waals surface area contributed by atoms with Gasteiger partial charge in [-0.3, -0.25) is 4.98 Å². The molecule has 0 radical (unpaired) electrons. The third kappa shape index (κ3) is 3.77. The number of nitrogens with zero attached hydrogens (tertiary/aromatic N) is 3. The van der Waals surface area contributed by atoms with Gasteiger partial charge in [0.15, 0.2) is 5.82 Å². The van der Waals surface area contributed by atoms with Crippen LogP contribution in [0.5, 0.6) is 0 Å². The van der Waals surface area contributed by atoms with Crippen molar-refractivity contribution in [2.75, 3.05) is 13.6 Å². The van der Waals surface area contributed by atoms with E-state index < -0.39 is 0 Å². The van der Waals surface area contributed by atoms with Gasteiger partial charge in [-0.2, -0.15) is 0 Å². The highest BCUT2D eigenvalue weighted by atomic mass is 35.5. The molecule has 0 spiro atoms. The summed E-state index contributed by atoms with van der Waals surface area (Å²) < 4.78 is 0. The van der Waals surface area contributed by atoms with Crippen LogP contribution in [0.3, 0.4) is 0 Å². The molecule has 2 heterocycles. The van der Waals surface area contributed by atoms with Crippen molar-refractivity contribution < 1.29 is 0 Å². The van der Waals surface area contributed by atoms with Gasteiger partial charge in [0.25, 0.3) is 0 Å². The first kappa shape index (κ1) is 15.9. The smallest absolute Gasteiger partial charge is 0.180 e. The first-order valence-electron chi connectivity index (χ1n) is 7.12. The van der Waals surface area contributed by atoms with Gasteiger partial charge >= 0.3 is 0 Å². The molecule has 0 saturated heterocycles. The topological polar surface area (TPSA) is 50.7 Å². The molecule has 21 heavy (non-hydrogen) atoms. The van der Waals surface area contributed by atoms with Crippen LogP contribution in [0.4, 0.5) is 0 Å². The molecule has 5 heteroatoms. The van der Waals surface area contributed by atoms with Gasteiger partial charge in [-0.05, 0) is 57.5 Å². The van der Waals surface area contributed by atoms with Gasteiger partial charge in [0.2, 0.25) is 0 Å². The number of aryl methyl sites for hydroxylation is 2. The Hall–Kier alpha value is -1.52. The average Bonchev–Trinajstić information content (AvgIpc) is 2.43. The molecule has 1 atom stereocenters. The normalized spacial score (nSPS) is 12.4. The fourth-order valence-electron chi connectivity index (χ4n) is 2.46. The Morgan fingerprint density at radius 2 is 1.90 bits per heavy atom. The average molecular weight is 305 g/mol. The summed E-state index contributed by atoms with van der Waals surface area (Å²) >= 11 is 6.18. The van der Waals surface area contributed by atoms with Crippen LogP contribution in [0.15, 0.2) is 18.3 Å². The molecule has 0 aliphatic carbocycles. The van der Waals surface area contributed by atoms with Crippen LogP contribution >= 0.6 is 11.6 Å². The summed E-state index contributed by atoms with van der Waals surface area (Å²) in [6.07, 6.45) is 2.67. The predicted molar refractivity (Wildman–Crippen MR) is 86.5 cm³/mol. The molecular formula is C16H21ClN4. The Morgan fingerprint density at radius 1 is 1.24 bits per heavy atom. The molecule has 0 amide bonds. The molecule has 0 saturated carbocycles. The van der Waals surface area contributed by atoms with Crippen LogP contribution in [-0.4, -0.2) is 28.5 Å². The van der Waals surface area contributed by atoms with E-state index in [4.69, 9.17) is 11.6 Å². The molecule has 0 aliphatic heterocycles. The lowest BCUT2D eigenvalue weighted by Crippen LogP contribution is -2.19. The molecule has 2 aromatic heterocycles. The lowest BCUT2D eigenvalue weighted by Gasteiger charge is -2.15. The van der Waals surface area contributed by atoms with Crippen LogP contribution < -0.4 is 5.32 Å². The maximum Gasteiger partial charge on any atom is 0.180 e. The van der Waals surface area contributed by atoms with Gasteiger partial charge in [-0.15, -0.1) is 0 Å². The minimum atomic E-state index is 0.542. The Kier molecular flexibility index (Phi) is 5.26. The molecule has 112 valence electrons. The van der Waals surface area contributed by atoms with Crippen molar-refractivity contribution in [1.29, 1.82) is 0 Å². The van der Waals surface area contributed by atoms with Gasteiger partial charge in [0.1, 0.15) is 5.69 Å². The van der Waals surface area contributed by atoms with Gasteiger partial charge < -0.3 is 5.32 Å². The standard InChI is InChI=1S/C16H21ClN4/c1-10(9-18-4)8-13-11(2)20-16(21-12(13)3)15-14(17)6-5-7-19-15/h5-7,10,18H,8-9H2,1-4H3. The molecule has 2 aromatic rings. The minimum absolute atomic E-state index is 0.542. The summed E-state index contributed by atoms with van der Waals surface area (Å²) in [4.78, 5) is 13.5. The third-order valence-corrected chi connectivity index (χ3v) is 3.80. The third-order valence-electron chi connectivity index (χ3n) is 3.50. The second-order valence-corrected chi connectivity index (χ2v) is 5.80. The van der Waals surface area contributed by atoms with Crippen LogP contribution in [0, 0.1) is 19.8 Å². The Labute approximate surface area is 131 Å². The second-order valence-electron chi connectivity index (χ2n) is 5.40. The molecule has 0 aromatic carbocycles. The van der Waals surface area contributed by atoms with E-state index in [0.29, 0.717) is 22.5 Å². The maximum absolute atomic E-state index is 6.18. The summed E-state index contributed by atoms with van der Waals surface area (Å²) in [5.74, 6) is 1.14. The Bertz CT molecular complexity index is 604. The molecule has 0 fully saturated rings. The van der Waals surface area contributed by atoms with Crippen molar-refractivity contribution in [2.45, 2.75) is 27.2 Å². The fraction of sp³-hybridized carbons (Fsp3) is 0.438. The highest BCUT2D eigenvalue weighted by Gasteiger charge is 2.14. The molecule has 1 unspecified atom stereocenters. The first-order valence-corrected chi connectivity index (χ1v) is 7.50. The SMILES string of the molecule is CNCC(C)Cc1c(C)nc(-c2ncccc2Cl)nc1C. The Morgan fingerprint density at radius 3 is 2.48 bits per heavy atom. The van der Waals surface area contributed by atoms with Crippen molar-refractivity contribution >= 4 is 11.6 Å². The van der Waals surface area contributed by atoms with Crippen LogP contribution in [-0.2, 0) is 6.42 Å². The number of nitrogens with one attached hydrogen (secondary N) is 1. The largest absolute Gasteiger partial charge is 0.319 e. The number of halogens is 1. The fourth-order valence-corrected chi connectivity index (χ4v) is 2.67. The zero-order valence-electron chi connectivity index (χ0n) is 12.9. The number of hydrogen-bond donors (Lipinski definition) is 1. The molecular weight excluding hydrogens is 284 g/mol. The van der Waals surface area contributed by atoms with E-state index in [0.717, 1.165) is 24.4 Å². The van der Waals surface area contributed by atoms with Crippen molar-refractivity contribution in [3.63, 3.8) is 0 Å². The minimum Gasteiger partial charge on any atom is -0.319 e. The number of aromatic nitrogens is 3. The molecule has 0 aliphatic rings. The number of rotatable bonds is 5. The van der Waals surface area contributed by atoms with Gasteiger partial charge in [-0.1, -0.05) is 18.5 Å². The van der Waals surface area contributed by atoms with E-state index in [1.807, 2.05) is 20.9 Å². The predicted octanol–water partition coefficient (Wildman–Crippen LogP) is 3.21. The van der Waals surface area contributed by atoms with E-state index in [9.17, 15) is 0 Å². The molecule has 0 bridgehead atoms. The number of pyridine rings is 1. The summed E-state index contributed by atoms with van der Waals surface area (Å²) in [7, 11) is 1.97. The first-order chi connectivity index (χ1) is 10.0. The zero-order valence-corrected chi connectivity index (χ0v) is 13.7. The quantitative estimate of drug-likeness (QED) is 0.921. The Balaban J connectivity index is 2.35. The summed E-state index contributed by atoms with van der Waals surface area (Å²) in [5.41, 5.74) is 3.86. The van der Waals surface area contributed by atoms with Gasteiger partial charge in [-0.25, -0.2) is 9.97 Å². The zero-order chi connectivity index (χ0) is 15.4. The van der Waals surface area contributed by atoms with Crippen LogP contribution in [0.2, 0.25) is 5.02 Å². The maximum atomic E-state index is 6.18. The van der Waals surface area contributed by atoms with Gasteiger partial charge in [0.05, 0.1) is 5.02 Å². The molecule has 2 rings (SSSR count). The van der Waals surface area contributed by atoms with Crippen molar-refractivity contribution in [3.05, 3.63) is 40.3 Å². The van der Waals surface area contributed by atoms with Crippen molar-refractivity contribution in [1.82, 2.24) is 20.3 Å². The lowest BCUT2D eigenvalue weighted by atomic mass is 9.98. The van der Waals surface area contributed by atoms with E-state index in [-0.39, 0.29) is 0 Å². The van der Waals surface area contributed by atoms with E-state index in [1.54, 1.807) is 18.3 Å². The monoisotopic (exact) mass is 304 g/mol. The summed E-state index contributed by atoms with van der Waals surface area (Å²) in [6, 6.07) is 3.61. The van der Waals surface area contributed by atoms with Crippen LogP contribution in [0.1, 0.15) is 23.9 Å². The molecule has 4 nitrogen and oxygen atoms in total. The highest BCUT2D eigenvalue weighted by Crippen LogP contribution is 2.24.